The van der Waals surface area contributed by atoms with Crippen LogP contribution in [-0.2, 0) is 0 Å². The molecule has 1 N–H and O–H groups in total. The lowest BCUT2D eigenvalue weighted by atomic mass is 9.49. The molecule has 5 aliphatic carbocycles. The summed E-state index contributed by atoms with van der Waals surface area (Å²) in [6.45, 7) is 4.62. The maximum Gasteiger partial charge on any atom is 0.104 e. The van der Waals surface area contributed by atoms with Gasteiger partial charge in [-0.15, -0.1) is 0 Å². The van der Waals surface area contributed by atoms with Crippen LogP contribution in [-0.4, -0.2) is 16.9 Å². The van der Waals surface area contributed by atoms with E-state index in [0.29, 0.717) is 17.8 Å². The van der Waals surface area contributed by atoms with E-state index in [9.17, 15) is 9.50 Å². The molecular formula is C21H33FO. The quantitative estimate of drug-likeness (QED) is 0.723. The monoisotopic (exact) mass is 320 g/mol. The highest BCUT2D eigenvalue weighted by Crippen LogP contribution is 2.69. The van der Waals surface area contributed by atoms with Crippen LogP contribution in [0.3, 0.4) is 0 Å². The zero-order chi connectivity index (χ0) is 16.0. The van der Waals surface area contributed by atoms with Gasteiger partial charge in [0.25, 0.3) is 0 Å². The van der Waals surface area contributed by atoms with E-state index in [-0.39, 0.29) is 11.0 Å². The average Bonchev–Trinajstić information content (AvgIpc) is 3.15. The van der Waals surface area contributed by atoms with Crippen LogP contribution in [0.25, 0.3) is 0 Å². The predicted octanol–water partition coefficient (Wildman–Crippen LogP) is 4.97. The Hall–Kier alpha value is -0.110. The largest absolute Gasteiger partial charge is 0.390 e. The van der Waals surface area contributed by atoms with Gasteiger partial charge in [0.2, 0.25) is 0 Å². The van der Waals surface area contributed by atoms with Gasteiger partial charge in [-0.2, -0.15) is 0 Å². The fraction of sp³-hybridized carbons (Fsp3) is 1.00. The van der Waals surface area contributed by atoms with Gasteiger partial charge in [0.1, 0.15) is 6.17 Å². The highest BCUT2D eigenvalue weighted by molar-refractivity contribution is 5.15. The zero-order valence-corrected chi connectivity index (χ0v) is 14.8. The molecule has 0 heterocycles. The molecule has 23 heavy (non-hydrogen) atoms. The summed E-state index contributed by atoms with van der Waals surface area (Å²) >= 11 is 0. The van der Waals surface area contributed by atoms with Gasteiger partial charge in [0.15, 0.2) is 0 Å². The van der Waals surface area contributed by atoms with Gasteiger partial charge in [-0.1, -0.05) is 20.3 Å². The number of hydrogen-bond donors (Lipinski definition) is 1. The molecule has 0 radical (unpaired) electrons. The Kier molecular flexibility index (Phi) is 3.13. The van der Waals surface area contributed by atoms with Crippen molar-refractivity contribution in [3.05, 3.63) is 0 Å². The Bertz CT molecular complexity index is 506. The molecule has 10 atom stereocenters. The summed E-state index contributed by atoms with van der Waals surface area (Å²) in [7, 11) is 0. The zero-order valence-electron chi connectivity index (χ0n) is 14.8. The van der Waals surface area contributed by atoms with Crippen LogP contribution < -0.4 is 0 Å². The summed E-state index contributed by atoms with van der Waals surface area (Å²) in [6, 6.07) is 0. The van der Waals surface area contributed by atoms with Crippen molar-refractivity contribution in [1.82, 2.24) is 0 Å². The van der Waals surface area contributed by atoms with Crippen molar-refractivity contribution < 1.29 is 9.50 Å². The maximum absolute atomic E-state index is 14.7. The molecule has 5 saturated carbocycles. The normalized spacial score (nSPS) is 63.7. The molecule has 5 aliphatic rings. The molecule has 0 aliphatic heterocycles. The summed E-state index contributed by atoms with van der Waals surface area (Å²) in [5.41, 5.74) is 0.0129. The van der Waals surface area contributed by atoms with Gasteiger partial charge in [0.05, 0.1) is 5.60 Å². The molecule has 2 unspecified atom stereocenters. The topological polar surface area (TPSA) is 20.2 Å². The average molecular weight is 320 g/mol. The second-order valence-electron chi connectivity index (χ2n) is 10.1. The number of hydrogen-bond acceptors (Lipinski definition) is 1. The third kappa shape index (κ3) is 1.88. The molecular weight excluding hydrogens is 287 g/mol. The van der Waals surface area contributed by atoms with E-state index >= 15 is 0 Å². The van der Waals surface area contributed by atoms with E-state index in [1.807, 2.05) is 0 Å². The van der Waals surface area contributed by atoms with Gasteiger partial charge >= 0.3 is 0 Å². The van der Waals surface area contributed by atoms with Gasteiger partial charge in [-0.05, 0) is 98.2 Å². The molecule has 0 aromatic carbocycles. The van der Waals surface area contributed by atoms with Gasteiger partial charge in [-0.25, -0.2) is 4.39 Å². The molecule has 130 valence electrons. The van der Waals surface area contributed by atoms with Gasteiger partial charge < -0.3 is 5.11 Å². The van der Waals surface area contributed by atoms with Crippen molar-refractivity contribution in [2.75, 3.05) is 0 Å². The van der Waals surface area contributed by atoms with Gasteiger partial charge in [0, 0.05) is 0 Å². The van der Waals surface area contributed by atoms with Crippen LogP contribution in [0.2, 0.25) is 0 Å². The summed E-state index contributed by atoms with van der Waals surface area (Å²) in [4.78, 5) is 0. The standard InChI is InChI=1S/C21H33FO/c1-3-16-19(22)10-17-14-4-5-15-13(7-9-21(23)11-18(15)21)12(14)6-8-20(16,17)2/h12-19,23H,3-11H2,1-2H3/t12-,13-,14-,15?,16+,17+,18?,19-,20-,21+/m1/s1. The molecule has 0 aromatic heterocycles. The number of rotatable bonds is 1. The minimum atomic E-state index is -0.550. The molecule has 0 spiro atoms. The van der Waals surface area contributed by atoms with Crippen molar-refractivity contribution in [3.63, 3.8) is 0 Å². The first-order chi connectivity index (χ1) is 11.0. The lowest BCUT2D eigenvalue weighted by Gasteiger charge is -2.56. The lowest BCUT2D eigenvalue weighted by Crippen LogP contribution is -2.49. The van der Waals surface area contributed by atoms with Crippen LogP contribution in [0.5, 0.6) is 0 Å². The fourth-order valence-electron chi connectivity index (χ4n) is 8.48. The molecule has 2 heteroatoms. The van der Waals surface area contributed by atoms with E-state index in [0.717, 1.165) is 49.4 Å². The lowest BCUT2D eigenvalue weighted by molar-refractivity contribution is -0.0800. The number of fused-ring (bicyclic) bond motifs is 7. The summed E-state index contributed by atoms with van der Waals surface area (Å²) in [5, 5.41) is 10.5. The van der Waals surface area contributed by atoms with Gasteiger partial charge in [-0.3, -0.25) is 0 Å². The van der Waals surface area contributed by atoms with Crippen molar-refractivity contribution in [2.45, 2.75) is 83.4 Å². The molecule has 0 bridgehead atoms. The molecule has 5 fully saturated rings. The Morgan fingerprint density at radius 1 is 0.957 bits per heavy atom. The second-order valence-corrected chi connectivity index (χ2v) is 10.1. The Balaban J connectivity index is 1.41. The van der Waals surface area contributed by atoms with Crippen molar-refractivity contribution >= 4 is 0 Å². The Morgan fingerprint density at radius 2 is 1.61 bits per heavy atom. The smallest absolute Gasteiger partial charge is 0.104 e. The Morgan fingerprint density at radius 3 is 2.30 bits per heavy atom. The fourth-order valence-corrected chi connectivity index (χ4v) is 8.48. The number of alkyl halides is 1. The van der Waals surface area contributed by atoms with Crippen LogP contribution >= 0.6 is 0 Å². The van der Waals surface area contributed by atoms with Crippen LogP contribution in [0.1, 0.15) is 71.6 Å². The molecule has 0 aromatic rings. The first-order valence-corrected chi connectivity index (χ1v) is 10.3. The minimum absolute atomic E-state index is 0.262. The van der Waals surface area contributed by atoms with Crippen LogP contribution in [0.15, 0.2) is 0 Å². The number of halogens is 1. The van der Waals surface area contributed by atoms with E-state index < -0.39 is 6.17 Å². The van der Waals surface area contributed by atoms with E-state index in [1.165, 1.54) is 32.1 Å². The maximum atomic E-state index is 14.7. The highest BCUT2D eigenvalue weighted by atomic mass is 19.1. The van der Waals surface area contributed by atoms with Crippen molar-refractivity contribution in [1.29, 1.82) is 0 Å². The first-order valence-electron chi connectivity index (χ1n) is 10.3. The SMILES string of the molecule is CC[C@H]1[C@H](F)C[C@H]2[C@@H]3CCC4C5C[C@@]5(O)CC[C@@H]4[C@H]3CC[C@@]21C. The highest BCUT2D eigenvalue weighted by Gasteiger charge is 2.65. The molecule has 5 rings (SSSR count). The Labute approximate surface area is 140 Å². The van der Waals surface area contributed by atoms with E-state index in [4.69, 9.17) is 0 Å². The summed E-state index contributed by atoms with van der Waals surface area (Å²) in [6.07, 6.45) is 9.94. The first kappa shape index (κ1) is 15.2. The molecule has 0 amide bonds. The predicted molar refractivity (Wildman–Crippen MR) is 89.6 cm³/mol. The van der Waals surface area contributed by atoms with Crippen molar-refractivity contribution in [3.8, 4) is 0 Å². The number of aliphatic hydroxyl groups is 1. The third-order valence-electron chi connectivity index (χ3n) is 9.60. The van der Waals surface area contributed by atoms with Crippen LogP contribution in [0, 0.1) is 46.8 Å². The van der Waals surface area contributed by atoms with E-state index in [1.54, 1.807) is 0 Å². The van der Waals surface area contributed by atoms with Crippen molar-refractivity contribution in [2.24, 2.45) is 46.8 Å². The summed E-state index contributed by atoms with van der Waals surface area (Å²) in [5.74, 6) is 4.85. The summed E-state index contributed by atoms with van der Waals surface area (Å²) < 4.78 is 14.7. The minimum Gasteiger partial charge on any atom is -0.390 e. The molecule has 0 saturated heterocycles. The van der Waals surface area contributed by atoms with Crippen LogP contribution in [0.4, 0.5) is 4.39 Å². The van der Waals surface area contributed by atoms with E-state index in [2.05, 4.69) is 13.8 Å². The second kappa shape index (κ2) is 4.74. The third-order valence-corrected chi connectivity index (χ3v) is 9.60. The molecule has 1 nitrogen and oxygen atoms in total.